The normalized spacial score (nSPS) is 15.4. The highest BCUT2D eigenvalue weighted by Gasteiger charge is 2.12. The molecule has 2 rings (SSSR count). The number of nitrogens with zero attached hydrogens (tertiary/aromatic N) is 1. The van der Waals surface area contributed by atoms with Crippen LogP contribution in [0.2, 0.25) is 0 Å². The molecule has 0 amide bonds. The number of nitrogen functional groups attached to an aromatic ring is 1. The Labute approximate surface area is 113 Å². The number of anilines is 1. The third kappa shape index (κ3) is 4.79. The lowest BCUT2D eigenvalue weighted by Gasteiger charge is -2.14. The Morgan fingerprint density at radius 3 is 2.84 bits per heavy atom. The minimum absolute atomic E-state index is 0.0799. The highest BCUT2D eigenvalue weighted by molar-refractivity contribution is 5.71. The number of rotatable bonds is 6. The van der Waals surface area contributed by atoms with Gasteiger partial charge in [-0.2, -0.15) is 0 Å². The average molecular weight is 264 g/mol. The first-order chi connectivity index (χ1) is 9.24. The van der Waals surface area contributed by atoms with Gasteiger partial charge >= 0.3 is 5.97 Å². The van der Waals surface area contributed by atoms with Crippen molar-refractivity contribution in [3.05, 3.63) is 24.3 Å². The fraction of sp³-hybridized carbons (Fsp3) is 0.500. The maximum atomic E-state index is 11.5. The molecule has 0 aromatic heterocycles. The third-order valence-corrected chi connectivity index (χ3v) is 3.08. The second-order valence-electron chi connectivity index (χ2n) is 4.63. The molecule has 1 aromatic carbocycles. The van der Waals surface area contributed by atoms with Crippen LogP contribution < -0.4 is 10.5 Å². The summed E-state index contributed by atoms with van der Waals surface area (Å²) < 4.78 is 10.4. The van der Waals surface area contributed by atoms with Gasteiger partial charge in [-0.25, -0.2) is 4.79 Å². The minimum Gasteiger partial charge on any atom is -0.482 e. The number of carbonyl (C=O) groups excluding carboxylic acids is 1. The van der Waals surface area contributed by atoms with Crippen molar-refractivity contribution < 1.29 is 14.3 Å². The first-order valence-corrected chi connectivity index (χ1v) is 6.60. The summed E-state index contributed by atoms with van der Waals surface area (Å²) in [7, 11) is 0. The summed E-state index contributed by atoms with van der Waals surface area (Å²) in [6.45, 7) is 3.38. The summed E-state index contributed by atoms with van der Waals surface area (Å²) >= 11 is 0. The van der Waals surface area contributed by atoms with E-state index in [1.807, 2.05) is 0 Å². The van der Waals surface area contributed by atoms with Crippen LogP contribution in [0.5, 0.6) is 5.75 Å². The predicted octanol–water partition coefficient (Wildman–Crippen LogP) is 1.29. The topological polar surface area (TPSA) is 64.8 Å². The van der Waals surface area contributed by atoms with E-state index in [-0.39, 0.29) is 12.6 Å². The van der Waals surface area contributed by atoms with Crippen molar-refractivity contribution in [1.29, 1.82) is 0 Å². The van der Waals surface area contributed by atoms with Gasteiger partial charge < -0.3 is 15.2 Å². The van der Waals surface area contributed by atoms with Gasteiger partial charge in [-0.15, -0.1) is 0 Å². The molecule has 0 bridgehead atoms. The number of carbonyl (C=O) groups is 1. The molecule has 1 aromatic rings. The maximum Gasteiger partial charge on any atom is 0.344 e. The maximum absolute atomic E-state index is 11.5. The molecule has 19 heavy (non-hydrogen) atoms. The fourth-order valence-corrected chi connectivity index (χ4v) is 2.08. The molecule has 0 spiro atoms. The number of ether oxygens (including phenoxy) is 2. The molecule has 1 saturated heterocycles. The Morgan fingerprint density at radius 2 is 2.11 bits per heavy atom. The Hall–Kier alpha value is -1.75. The van der Waals surface area contributed by atoms with Crippen LogP contribution in [0.25, 0.3) is 0 Å². The quantitative estimate of drug-likeness (QED) is 0.619. The number of nitrogens with two attached hydrogens (primary N) is 1. The van der Waals surface area contributed by atoms with E-state index in [0.29, 0.717) is 18.0 Å². The highest BCUT2D eigenvalue weighted by atomic mass is 16.6. The highest BCUT2D eigenvalue weighted by Crippen LogP contribution is 2.14. The molecule has 2 N–H and O–H groups in total. The number of hydrogen-bond acceptors (Lipinski definition) is 5. The number of likely N-dealkylation sites (tertiary alicyclic amines) is 1. The van der Waals surface area contributed by atoms with E-state index >= 15 is 0 Å². The first kappa shape index (κ1) is 13.7. The van der Waals surface area contributed by atoms with Crippen LogP contribution in [0, 0.1) is 0 Å². The van der Waals surface area contributed by atoms with Gasteiger partial charge in [0.2, 0.25) is 0 Å². The standard InChI is InChI=1S/C14H20N2O3/c15-12-4-3-5-13(10-12)19-11-14(17)18-9-8-16-6-1-2-7-16/h3-5,10H,1-2,6-9,11,15H2. The monoisotopic (exact) mass is 264 g/mol. The van der Waals surface area contributed by atoms with Crippen molar-refractivity contribution in [2.75, 3.05) is 38.6 Å². The van der Waals surface area contributed by atoms with Gasteiger partial charge in [0.05, 0.1) is 0 Å². The van der Waals surface area contributed by atoms with Gasteiger partial charge in [0.1, 0.15) is 12.4 Å². The summed E-state index contributed by atoms with van der Waals surface area (Å²) in [5.74, 6) is 0.234. The molecular weight excluding hydrogens is 244 g/mol. The zero-order valence-corrected chi connectivity index (χ0v) is 11.0. The molecule has 0 atom stereocenters. The number of benzene rings is 1. The summed E-state index contributed by atoms with van der Waals surface area (Å²) in [5, 5.41) is 0. The van der Waals surface area contributed by atoms with Gasteiger partial charge in [0, 0.05) is 18.3 Å². The largest absolute Gasteiger partial charge is 0.482 e. The molecule has 0 aliphatic carbocycles. The van der Waals surface area contributed by atoms with E-state index in [1.54, 1.807) is 24.3 Å². The van der Waals surface area contributed by atoms with Crippen molar-refractivity contribution in [1.82, 2.24) is 4.90 Å². The van der Waals surface area contributed by atoms with Crippen LogP contribution >= 0.6 is 0 Å². The lowest BCUT2D eigenvalue weighted by Crippen LogP contribution is -2.26. The van der Waals surface area contributed by atoms with E-state index in [4.69, 9.17) is 15.2 Å². The van der Waals surface area contributed by atoms with Gasteiger partial charge in [0.15, 0.2) is 6.61 Å². The van der Waals surface area contributed by atoms with Gasteiger partial charge in [-0.05, 0) is 38.1 Å². The smallest absolute Gasteiger partial charge is 0.344 e. The molecular formula is C14H20N2O3. The molecule has 5 heteroatoms. The van der Waals surface area contributed by atoms with E-state index in [1.165, 1.54) is 12.8 Å². The summed E-state index contributed by atoms with van der Waals surface area (Å²) in [5.41, 5.74) is 6.22. The van der Waals surface area contributed by atoms with Crippen molar-refractivity contribution >= 4 is 11.7 Å². The summed E-state index contributed by atoms with van der Waals surface area (Å²) in [4.78, 5) is 13.8. The Bertz CT molecular complexity index is 417. The number of esters is 1. The van der Waals surface area contributed by atoms with Crippen LogP contribution in [-0.4, -0.2) is 43.7 Å². The van der Waals surface area contributed by atoms with E-state index in [9.17, 15) is 4.79 Å². The Balaban J connectivity index is 1.61. The van der Waals surface area contributed by atoms with Crippen LogP contribution in [0.3, 0.4) is 0 Å². The molecule has 104 valence electrons. The zero-order valence-electron chi connectivity index (χ0n) is 11.0. The SMILES string of the molecule is Nc1cccc(OCC(=O)OCCN2CCCC2)c1. The van der Waals surface area contributed by atoms with Crippen molar-refractivity contribution in [2.24, 2.45) is 0 Å². The second kappa shape index (κ2) is 6.99. The summed E-state index contributed by atoms with van der Waals surface area (Å²) in [6.07, 6.45) is 2.49. The molecule has 1 fully saturated rings. The molecule has 0 radical (unpaired) electrons. The van der Waals surface area contributed by atoms with Crippen molar-refractivity contribution in [3.63, 3.8) is 0 Å². The van der Waals surface area contributed by atoms with Gasteiger partial charge in [-0.3, -0.25) is 4.90 Å². The lowest BCUT2D eigenvalue weighted by molar-refractivity contribution is -0.146. The first-order valence-electron chi connectivity index (χ1n) is 6.60. The molecule has 5 nitrogen and oxygen atoms in total. The average Bonchev–Trinajstić information content (AvgIpc) is 2.90. The zero-order chi connectivity index (χ0) is 13.5. The van der Waals surface area contributed by atoms with Crippen molar-refractivity contribution in [2.45, 2.75) is 12.8 Å². The molecule has 1 heterocycles. The van der Waals surface area contributed by atoms with Gasteiger partial charge in [-0.1, -0.05) is 6.07 Å². The van der Waals surface area contributed by atoms with Crippen LogP contribution in [0.1, 0.15) is 12.8 Å². The van der Waals surface area contributed by atoms with E-state index in [0.717, 1.165) is 19.6 Å². The van der Waals surface area contributed by atoms with Gasteiger partial charge in [0.25, 0.3) is 0 Å². The van der Waals surface area contributed by atoms with Crippen LogP contribution in [0.15, 0.2) is 24.3 Å². The van der Waals surface area contributed by atoms with Crippen LogP contribution in [0.4, 0.5) is 5.69 Å². The van der Waals surface area contributed by atoms with E-state index in [2.05, 4.69) is 4.90 Å². The Kier molecular flexibility index (Phi) is 5.03. The molecule has 0 unspecified atom stereocenters. The lowest BCUT2D eigenvalue weighted by atomic mass is 10.3. The van der Waals surface area contributed by atoms with E-state index < -0.39 is 0 Å². The molecule has 1 aliphatic rings. The molecule has 0 saturated carbocycles. The Morgan fingerprint density at radius 1 is 1.32 bits per heavy atom. The predicted molar refractivity (Wildman–Crippen MR) is 73.0 cm³/mol. The third-order valence-electron chi connectivity index (χ3n) is 3.08. The molecule has 1 aliphatic heterocycles. The second-order valence-corrected chi connectivity index (χ2v) is 4.63. The summed E-state index contributed by atoms with van der Waals surface area (Å²) in [6, 6.07) is 6.98. The van der Waals surface area contributed by atoms with Crippen molar-refractivity contribution in [3.8, 4) is 5.75 Å². The minimum atomic E-state index is -0.346. The fourth-order valence-electron chi connectivity index (χ4n) is 2.08. The van der Waals surface area contributed by atoms with Crippen LogP contribution in [-0.2, 0) is 9.53 Å². The number of hydrogen-bond donors (Lipinski definition) is 1.